The van der Waals surface area contributed by atoms with E-state index in [0.29, 0.717) is 23.1 Å². The Morgan fingerprint density at radius 3 is 2.43 bits per heavy atom. The van der Waals surface area contributed by atoms with Gasteiger partial charge >= 0.3 is 5.97 Å². The number of nitrogens with one attached hydrogen (secondary N) is 1. The fourth-order valence-electron chi connectivity index (χ4n) is 3.57. The third-order valence-electron chi connectivity index (χ3n) is 5.52. The van der Waals surface area contributed by atoms with Crippen LogP contribution in [0.15, 0.2) is 42.5 Å². The molecule has 3 aromatic rings. The van der Waals surface area contributed by atoms with Gasteiger partial charge in [-0.05, 0) is 48.7 Å². The molecule has 0 aliphatic heterocycles. The highest BCUT2D eigenvalue weighted by Crippen LogP contribution is 2.33. The summed E-state index contributed by atoms with van der Waals surface area (Å²) in [4.78, 5) is 25.2. The highest BCUT2D eigenvalue weighted by atomic mass is 19.3. The molecule has 0 spiro atoms. The third kappa shape index (κ3) is 6.88. The van der Waals surface area contributed by atoms with E-state index >= 15 is 0 Å². The van der Waals surface area contributed by atoms with Crippen molar-refractivity contribution in [2.45, 2.75) is 32.7 Å². The Kier molecular flexibility index (Phi) is 9.29. The van der Waals surface area contributed by atoms with Gasteiger partial charge in [0.15, 0.2) is 0 Å². The number of methoxy groups -OCH3 is 1. The van der Waals surface area contributed by atoms with Crippen LogP contribution in [0.1, 0.15) is 63.9 Å². The summed E-state index contributed by atoms with van der Waals surface area (Å²) in [5, 5.41) is 6.42. The Bertz CT molecular complexity index is 1240. The van der Waals surface area contributed by atoms with Gasteiger partial charge in [-0.1, -0.05) is 19.1 Å². The third-order valence-corrected chi connectivity index (χ3v) is 5.52. The lowest BCUT2D eigenvalue weighted by molar-refractivity contribution is 0.0388. The van der Waals surface area contributed by atoms with Crippen molar-refractivity contribution in [3.63, 3.8) is 0 Å². The molecule has 3 rings (SSSR count). The van der Waals surface area contributed by atoms with Crippen LogP contribution in [0.25, 0.3) is 0 Å². The molecular formula is C26H28F3N3O5. The number of aryl methyl sites for hydroxylation is 2. The van der Waals surface area contributed by atoms with Crippen LogP contribution in [-0.4, -0.2) is 42.0 Å². The van der Waals surface area contributed by atoms with Crippen LogP contribution in [0.3, 0.4) is 0 Å². The van der Waals surface area contributed by atoms with Crippen molar-refractivity contribution in [1.29, 1.82) is 0 Å². The van der Waals surface area contributed by atoms with Crippen LogP contribution >= 0.6 is 0 Å². The quantitative estimate of drug-likeness (QED) is 0.279. The molecule has 8 nitrogen and oxygen atoms in total. The summed E-state index contributed by atoms with van der Waals surface area (Å²) in [6.45, 7) is 3.87. The Morgan fingerprint density at radius 1 is 1.11 bits per heavy atom. The van der Waals surface area contributed by atoms with Crippen LogP contribution in [-0.2, 0) is 22.9 Å². The minimum absolute atomic E-state index is 0.0516. The van der Waals surface area contributed by atoms with Crippen LogP contribution < -0.4 is 10.1 Å². The maximum atomic E-state index is 14.0. The first kappa shape index (κ1) is 27.7. The lowest BCUT2D eigenvalue weighted by atomic mass is 10.1. The lowest BCUT2D eigenvalue weighted by Crippen LogP contribution is -2.27. The minimum Gasteiger partial charge on any atom is -0.460 e. The van der Waals surface area contributed by atoms with Crippen LogP contribution in [0.4, 0.5) is 13.2 Å². The molecule has 0 aliphatic rings. The van der Waals surface area contributed by atoms with Crippen molar-refractivity contribution in [1.82, 2.24) is 15.1 Å². The van der Waals surface area contributed by atoms with Crippen molar-refractivity contribution in [2.24, 2.45) is 7.05 Å². The van der Waals surface area contributed by atoms with Crippen molar-refractivity contribution < 1.29 is 37.0 Å². The smallest absolute Gasteiger partial charge is 0.338 e. The predicted molar refractivity (Wildman–Crippen MR) is 128 cm³/mol. The Balaban J connectivity index is 1.82. The average Bonchev–Trinajstić information content (AvgIpc) is 3.19. The minimum atomic E-state index is -3.05. The van der Waals surface area contributed by atoms with E-state index in [1.165, 1.54) is 32.4 Å². The monoisotopic (exact) mass is 519 g/mol. The second kappa shape index (κ2) is 12.4. The number of aromatic nitrogens is 2. The summed E-state index contributed by atoms with van der Waals surface area (Å²) in [5.74, 6) is -2.13. The number of alkyl halides is 2. The van der Waals surface area contributed by atoms with Gasteiger partial charge in [-0.15, -0.1) is 0 Å². The number of hydrogen-bond donors (Lipinski definition) is 1. The number of carbonyl (C=O) groups excluding carboxylic acids is 2. The summed E-state index contributed by atoms with van der Waals surface area (Å²) >= 11 is 0. The predicted octanol–water partition coefficient (Wildman–Crippen LogP) is 5.15. The van der Waals surface area contributed by atoms with Crippen molar-refractivity contribution in [3.05, 3.63) is 76.2 Å². The van der Waals surface area contributed by atoms with Crippen molar-refractivity contribution >= 4 is 11.9 Å². The van der Waals surface area contributed by atoms with Gasteiger partial charge in [-0.2, -0.15) is 5.10 Å². The fourth-order valence-corrected chi connectivity index (χ4v) is 3.57. The van der Waals surface area contributed by atoms with Gasteiger partial charge in [0.25, 0.3) is 12.3 Å². The van der Waals surface area contributed by atoms with E-state index in [0.717, 1.165) is 10.7 Å². The molecule has 37 heavy (non-hydrogen) atoms. The molecule has 0 radical (unpaired) electrons. The van der Waals surface area contributed by atoms with Gasteiger partial charge in [-0.25, -0.2) is 22.6 Å². The molecular weight excluding hydrogens is 491 g/mol. The molecule has 0 fully saturated rings. The molecule has 0 aliphatic carbocycles. The zero-order chi connectivity index (χ0) is 27.1. The first-order chi connectivity index (χ1) is 17.6. The molecule has 1 N–H and O–H groups in total. The number of esters is 1. The zero-order valence-electron chi connectivity index (χ0n) is 20.9. The van der Waals surface area contributed by atoms with Gasteiger partial charge in [0.1, 0.15) is 29.4 Å². The van der Waals surface area contributed by atoms with Crippen LogP contribution in [0.5, 0.6) is 11.6 Å². The standard InChI is InChI=1S/C26H28F3N3O5/c1-5-16-12-19(27)14-20(13-16)37-25-21(22(23(28)29)31-32(25)3)24(33)30-15(2)17-6-8-18(9-7-17)26(34)36-11-10-35-4/h6-9,12-15,23H,5,10-11H2,1-4H3,(H,30,33)/t15-/m0/s1. The number of rotatable bonds is 11. The summed E-state index contributed by atoms with van der Waals surface area (Å²) in [5.41, 5.74) is 0.345. The Hall–Kier alpha value is -3.86. The van der Waals surface area contributed by atoms with Gasteiger partial charge in [-0.3, -0.25) is 4.79 Å². The summed E-state index contributed by atoms with van der Waals surface area (Å²) in [7, 11) is 2.85. The SMILES string of the molecule is CCc1cc(F)cc(Oc2c(C(=O)N[C@@H](C)c3ccc(C(=O)OCCOC)cc3)c(C(F)F)nn2C)c1. The fraction of sp³-hybridized carbons (Fsp3) is 0.346. The van der Waals surface area contributed by atoms with Gasteiger partial charge in [0.2, 0.25) is 5.88 Å². The maximum absolute atomic E-state index is 14.0. The molecule has 2 aromatic carbocycles. The van der Waals surface area contributed by atoms with E-state index < -0.39 is 41.4 Å². The Labute approximate surface area is 212 Å². The lowest BCUT2D eigenvalue weighted by Gasteiger charge is -2.16. The number of benzene rings is 2. The maximum Gasteiger partial charge on any atom is 0.338 e. The number of hydrogen-bond acceptors (Lipinski definition) is 6. The largest absolute Gasteiger partial charge is 0.460 e. The molecule has 0 unspecified atom stereocenters. The molecule has 0 saturated heterocycles. The summed E-state index contributed by atoms with van der Waals surface area (Å²) in [6.07, 6.45) is -2.53. The summed E-state index contributed by atoms with van der Waals surface area (Å²) < 4.78 is 58.1. The van der Waals surface area contributed by atoms with Crippen LogP contribution in [0.2, 0.25) is 0 Å². The number of carbonyl (C=O) groups is 2. The number of amides is 1. The molecule has 1 heterocycles. The normalized spacial score (nSPS) is 11.9. The van der Waals surface area contributed by atoms with E-state index in [1.54, 1.807) is 25.1 Å². The van der Waals surface area contributed by atoms with E-state index in [-0.39, 0.29) is 24.8 Å². The second-order valence-electron chi connectivity index (χ2n) is 8.19. The van der Waals surface area contributed by atoms with E-state index in [9.17, 15) is 22.8 Å². The molecule has 1 atom stereocenters. The van der Waals surface area contributed by atoms with Gasteiger partial charge < -0.3 is 19.5 Å². The van der Waals surface area contributed by atoms with E-state index in [2.05, 4.69) is 10.4 Å². The number of nitrogens with zero attached hydrogens (tertiary/aromatic N) is 2. The average molecular weight is 520 g/mol. The molecule has 0 saturated carbocycles. The molecule has 1 amide bonds. The highest BCUT2D eigenvalue weighted by Gasteiger charge is 2.30. The first-order valence-corrected chi connectivity index (χ1v) is 11.5. The van der Waals surface area contributed by atoms with Crippen molar-refractivity contribution in [3.8, 4) is 11.6 Å². The van der Waals surface area contributed by atoms with Crippen molar-refractivity contribution in [2.75, 3.05) is 20.3 Å². The van der Waals surface area contributed by atoms with Crippen LogP contribution in [0, 0.1) is 5.82 Å². The zero-order valence-corrected chi connectivity index (χ0v) is 20.9. The van der Waals surface area contributed by atoms with E-state index in [1.807, 2.05) is 6.92 Å². The molecule has 11 heteroatoms. The topological polar surface area (TPSA) is 91.7 Å². The second-order valence-corrected chi connectivity index (χ2v) is 8.19. The van der Waals surface area contributed by atoms with Gasteiger partial charge in [0, 0.05) is 20.2 Å². The molecule has 198 valence electrons. The number of halogens is 3. The number of ether oxygens (including phenoxy) is 3. The Morgan fingerprint density at radius 2 is 1.81 bits per heavy atom. The molecule has 0 bridgehead atoms. The van der Waals surface area contributed by atoms with E-state index in [4.69, 9.17) is 14.2 Å². The first-order valence-electron chi connectivity index (χ1n) is 11.5. The molecule has 1 aromatic heterocycles. The van der Waals surface area contributed by atoms with Gasteiger partial charge in [0.05, 0.1) is 18.2 Å². The highest BCUT2D eigenvalue weighted by molar-refractivity contribution is 5.98. The summed E-state index contributed by atoms with van der Waals surface area (Å²) in [6, 6.07) is 9.67.